The van der Waals surface area contributed by atoms with Gasteiger partial charge in [-0.15, -0.1) is 0 Å². The molecule has 80 valence electrons. The number of hydrogen-bond donors (Lipinski definition) is 0. The van der Waals surface area contributed by atoms with Crippen molar-refractivity contribution in [2.45, 2.75) is 39.5 Å². The van der Waals surface area contributed by atoms with Gasteiger partial charge >= 0.3 is 5.97 Å². The molecule has 0 radical (unpaired) electrons. The van der Waals surface area contributed by atoms with Gasteiger partial charge in [0.15, 0.2) is 0 Å². The molecule has 14 heavy (non-hydrogen) atoms. The van der Waals surface area contributed by atoms with Gasteiger partial charge in [-0.25, -0.2) is 0 Å². The van der Waals surface area contributed by atoms with Crippen molar-refractivity contribution in [3.05, 3.63) is 0 Å². The van der Waals surface area contributed by atoms with Gasteiger partial charge in [0.05, 0.1) is 12.0 Å². The van der Waals surface area contributed by atoms with Crippen molar-refractivity contribution < 1.29 is 14.3 Å². The van der Waals surface area contributed by atoms with Gasteiger partial charge in [0.2, 0.25) is 0 Å². The third kappa shape index (κ3) is 2.34. The highest BCUT2D eigenvalue weighted by molar-refractivity contribution is 5.76. The zero-order chi connectivity index (χ0) is 10.6. The van der Waals surface area contributed by atoms with E-state index in [1.165, 1.54) is 0 Å². The predicted molar refractivity (Wildman–Crippen MR) is 52.8 cm³/mol. The fourth-order valence-corrected chi connectivity index (χ4v) is 1.92. The summed E-state index contributed by atoms with van der Waals surface area (Å²) >= 11 is 0. The fourth-order valence-electron chi connectivity index (χ4n) is 1.92. The third-order valence-corrected chi connectivity index (χ3v) is 3.09. The highest BCUT2D eigenvalue weighted by Gasteiger charge is 2.38. The Morgan fingerprint density at radius 1 is 1.50 bits per heavy atom. The average molecular weight is 198 g/mol. The summed E-state index contributed by atoms with van der Waals surface area (Å²) in [7, 11) is 0. The van der Waals surface area contributed by atoms with Crippen LogP contribution in [-0.2, 0) is 14.3 Å². The van der Waals surface area contributed by atoms with Gasteiger partial charge in [0.1, 0.15) is 6.29 Å². The molecule has 0 aromatic heterocycles. The smallest absolute Gasteiger partial charge is 0.311 e. The monoisotopic (exact) mass is 198 g/mol. The zero-order valence-electron chi connectivity index (χ0n) is 8.91. The van der Waals surface area contributed by atoms with Gasteiger partial charge in [0.25, 0.3) is 0 Å². The lowest BCUT2D eigenvalue weighted by molar-refractivity contribution is -0.157. The molecule has 1 aliphatic rings. The Kier molecular flexibility index (Phi) is 3.67. The number of carbonyl (C=O) groups is 2. The Morgan fingerprint density at radius 3 is 2.50 bits per heavy atom. The number of rotatable bonds is 3. The first-order valence-corrected chi connectivity index (χ1v) is 5.25. The maximum absolute atomic E-state index is 11.6. The quantitative estimate of drug-likeness (QED) is 0.514. The Hall–Kier alpha value is -0.860. The largest absolute Gasteiger partial charge is 0.466 e. The normalized spacial score (nSPS) is 32.3. The highest BCUT2D eigenvalue weighted by atomic mass is 16.5. The van der Waals surface area contributed by atoms with Crippen LogP contribution in [0.3, 0.4) is 0 Å². The summed E-state index contributed by atoms with van der Waals surface area (Å²) in [5.74, 6) is 0.0434. The maximum atomic E-state index is 11.6. The molecule has 1 fully saturated rings. The van der Waals surface area contributed by atoms with Crippen LogP contribution in [0.25, 0.3) is 0 Å². The molecule has 0 N–H and O–H groups in total. The molecule has 0 heterocycles. The number of esters is 1. The standard InChI is InChI=1S/C11H18O3/c1-3-14-10(13)11(2)6-4-9(8-12)5-7-11/h8-9H,3-7H2,1-2H3. The predicted octanol–water partition coefficient (Wildman–Crippen LogP) is 1.94. The van der Waals surface area contributed by atoms with Crippen LogP contribution in [0.5, 0.6) is 0 Å². The van der Waals surface area contributed by atoms with Crippen molar-refractivity contribution in [2.24, 2.45) is 11.3 Å². The minimum Gasteiger partial charge on any atom is -0.466 e. The lowest BCUT2D eigenvalue weighted by Crippen LogP contribution is -2.34. The maximum Gasteiger partial charge on any atom is 0.311 e. The van der Waals surface area contributed by atoms with Crippen LogP contribution < -0.4 is 0 Å². The van der Waals surface area contributed by atoms with Crippen LogP contribution in [-0.4, -0.2) is 18.9 Å². The minimum atomic E-state index is -0.352. The first-order chi connectivity index (χ1) is 6.62. The second-order valence-electron chi connectivity index (χ2n) is 4.25. The molecule has 0 unspecified atom stereocenters. The molecule has 0 saturated heterocycles. The molecule has 0 spiro atoms. The summed E-state index contributed by atoms with van der Waals surface area (Å²) in [6.07, 6.45) is 4.19. The molecular formula is C11H18O3. The average Bonchev–Trinajstić information content (AvgIpc) is 2.19. The van der Waals surface area contributed by atoms with Crippen LogP contribution in [0.4, 0.5) is 0 Å². The third-order valence-electron chi connectivity index (χ3n) is 3.09. The van der Waals surface area contributed by atoms with E-state index in [0.29, 0.717) is 6.61 Å². The molecule has 0 bridgehead atoms. The molecule has 0 amide bonds. The second kappa shape index (κ2) is 4.58. The van der Waals surface area contributed by atoms with Gasteiger partial charge in [0, 0.05) is 5.92 Å². The topological polar surface area (TPSA) is 43.4 Å². The van der Waals surface area contributed by atoms with Crippen LogP contribution in [0.15, 0.2) is 0 Å². The molecule has 3 nitrogen and oxygen atoms in total. The van der Waals surface area contributed by atoms with Crippen LogP contribution in [0.1, 0.15) is 39.5 Å². The van der Waals surface area contributed by atoms with E-state index in [0.717, 1.165) is 32.0 Å². The van der Waals surface area contributed by atoms with E-state index in [1.807, 2.05) is 13.8 Å². The molecule has 0 aromatic rings. The number of ether oxygens (including phenoxy) is 1. The Morgan fingerprint density at radius 2 is 2.07 bits per heavy atom. The summed E-state index contributed by atoms with van der Waals surface area (Å²) < 4.78 is 5.03. The number of carbonyl (C=O) groups excluding carboxylic acids is 2. The Labute approximate surface area is 84.8 Å². The molecule has 1 saturated carbocycles. The van der Waals surface area contributed by atoms with Crippen LogP contribution >= 0.6 is 0 Å². The van der Waals surface area contributed by atoms with E-state index < -0.39 is 0 Å². The summed E-state index contributed by atoms with van der Waals surface area (Å²) in [6, 6.07) is 0. The molecular weight excluding hydrogens is 180 g/mol. The van der Waals surface area contributed by atoms with Crippen LogP contribution in [0, 0.1) is 11.3 Å². The fraction of sp³-hybridized carbons (Fsp3) is 0.818. The van der Waals surface area contributed by atoms with Crippen molar-refractivity contribution in [2.75, 3.05) is 6.61 Å². The number of aldehydes is 1. The lowest BCUT2D eigenvalue weighted by atomic mass is 9.72. The van der Waals surface area contributed by atoms with E-state index in [2.05, 4.69) is 0 Å². The Bertz CT molecular complexity index is 215. The van der Waals surface area contributed by atoms with Crippen molar-refractivity contribution >= 4 is 12.3 Å². The van der Waals surface area contributed by atoms with Gasteiger partial charge < -0.3 is 9.53 Å². The molecule has 1 rings (SSSR count). The van der Waals surface area contributed by atoms with Gasteiger partial charge in [-0.2, -0.15) is 0 Å². The molecule has 1 aliphatic carbocycles. The highest BCUT2D eigenvalue weighted by Crippen LogP contribution is 2.38. The zero-order valence-corrected chi connectivity index (χ0v) is 8.91. The van der Waals surface area contributed by atoms with Crippen molar-refractivity contribution in [1.82, 2.24) is 0 Å². The first-order valence-electron chi connectivity index (χ1n) is 5.25. The Balaban J connectivity index is 2.52. The van der Waals surface area contributed by atoms with Crippen LogP contribution in [0.2, 0.25) is 0 Å². The number of hydrogen-bond acceptors (Lipinski definition) is 3. The second-order valence-corrected chi connectivity index (χ2v) is 4.25. The van der Waals surface area contributed by atoms with Gasteiger partial charge in [-0.05, 0) is 39.5 Å². The lowest BCUT2D eigenvalue weighted by Gasteiger charge is -2.33. The van der Waals surface area contributed by atoms with E-state index in [9.17, 15) is 9.59 Å². The van der Waals surface area contributed by atoms with E-state index >= 15 is 0 Å². The first kappa shape index (κ1) is 11.2. The summed E-state index contributed by atoms with van der Waals surface area (Å²) in [4.78, 5) is 22.2. The summed E-state index contributed by atoms with van der Waals surface area (Å²) in [6.45, 7) is 4.19. The van der Waals surface area contributed by atoms with E-state index in [-0.39, 0.29) is 17.3 Å². The van der Waals surface area contributed by atoms with Gasteiger partial charge in [-0.3, -0.25) is 4.79 Å². The summed E-state index contributed by atoms with van der Waals surface area (Å²) in [5, 5.41) is 0. The summed E-state index contributed by atoms with van der Waals surface area (Å²) in [5.41, 5.74) is -0.352. The van der Waals surface area contributed by atoms with E-state index in [4.69, 9.17) is 4.74 Å². The van der Waals surface area contributed by atoms with Gasteiger partial charge in [-0.1, -0.05) is 0 Å². The van der Waals surface area contributed by atoms with Crippen molar-refractivity contribution in [1.29, 1.82) is 0 Å². The minimum absolute atomic E-state index is 0.107. The molecule has 0 aromatic carbocycles. The SMILES string of the molecule is CCOC(=O)C1(C)CCC(C=O)CC1. The van der Waals surface area contributed by atoms with E-state index in [1.54, 1.807) is 0 Å². The van der Waals surface area contributed by atoms with Crippen molar-refractivity contribution in [3.8, 4) is 0 Å². The van der Waals surface area contributed by atoms with Crippen molar-refractivity contribution in [3.63, 3.8) is 0 Å². The molecule has 0 atom stereocenters. The molecule has 0 aliphatic heterocycles. The molecule has 3 heteroatoms.